The molecule has 2 unspecified atom stereocenters. The van der Waals surface area contributed by atoms with Gasteiger partial charge in [-0.15, -0.1) is 5.48 Å². The van der Waals surface area contributed by atoms with Gasteiger partial charge in [-0.3, -0.25) is 0 Å². The van der Waals surface area contributed by atoms with Gasteiger partial charge in [0.25, 0.3) is 0 Å². The highest BCUT2D eigenvalue weighted by Gasteiger charge is 2.40. The van der Waals surface area contributed by atoms with Gasteiger partial charge in [0, 0.05) is 10.4 Å². The van der Waals surface area contributed by atoms with Crippen LogP contribution in [0.5, 0.6) is 5.75 Å². The number of benzene rings is 2. The van der Waals surface area contributed by atoms with E-state index in [1.54, 1.807) is 0 Å². The topological polar surface area (TPSA) is 47.6 Å². The van der Waals surface area contributed by atoms with Gasteiger partial charge in [-0.1, -0.05) is 40.2 Å². The van der Waals surface area contributed by atoms with Crippen molar-refractivity contribution in [1.29, 1.82) is 0 Å². The summed E-state index contributed by atoms with van der Waals surface area (Å²) in [5.74, 6) is 0.986. The third-order valence-electron chi connectivity index (χ3n) is 4.31. The highest BCUT2D eigenvalue weighted by atomic mass is 79.9. The zero-order valence-corrected chi connectivity index (χ0v) is 16.9. The summed E-state index contributed by atoms with van der Waals surface area (Å²) in [6.45, 7) is 6.06. The fraction of sp³-hybridized carbons (Fsp3) is 0.381. The van der Waals surface area contributed by atoms with Crippen molar-refractivity contribution in [2.75, 3.05) is 0 Å². The quantitative estimate of drug-likeness (QED) is 0.673. The Morgan fingerprint density at radius 3 is 2.58 bits per heavy atom. The van der Waals surface area contributed by atoms with Crippen molar-refractivity contribution in [2.45, 2.75) is 45.8 Å². The summed E-state index contributed by atoms with van der Waals surface area (Å²) in [7, 11) is 0. The second-order valence-electron chi connectivity index (χ2n) is 7.69. The summed E-state index contributed by atoms with van der Waals surface area (Å²) in [4.78, 5) is 17.0. The van der Waals surface area contributed by atoms with Crippen LogP contribution < -0.4 is 10.2 Å². The smallest absolute Gasteiger partial charge is 0.329 e. The number of hydroxylamine groups is 1. The molecule has 2 atom stereocenters. The van der Waals surface area contributed by atoms with Crippen LogP contribution in [0.3, 0.4) is 0 Å². The highest BCUT2D eigenvalue weighted by Crippen LogP contribution is 2.41. The van der Waals surface area contributed by atoms with Crippen LogP contribution in [-0.2, 0) is 16.2 Å². The van der Waals surface area contributed by atoms with Crippen molar-refractivity contribution in [3.63, 3.8) is 0 Å². The summed E-state index contributed by atoms with van der Waals surface area (Å²) in [6.07, 6.45) is 0.968. The van der Waals surface area contributed by atoms with E-state index in [1.165, 1.54) is 5.56 Å². The third-order valence-corrected chi connectivity index (χ3v) is 4.80. The second kappa shape index (κ2) is 7.80. The third kappa shape index (κ3) is 5.08. The van der Waals surface area contributed by atoms with E-state index in [9.17, 15) is 4.79 Å². The lowest BCUT2D eigenvalue weighted by molar-refractivity contribution is -0.161. The number of hydrogen-bond donors (Lipinski definition) is 1. The van der Waals surface area contributed by atoms with Gasteiger partial charge in [0.15, 0.2) is 0 Å². The maximum Gasteiger partial charge on any atom is 0.329 e. The first-order chi connectivity index (χ1) is 12.3. The molecule has 0 bridgehead atoms. The molecular formula is C21H24BrNO3. The number of rotatable bonds is 6. The van der Waals surface area contributed by atoms with Crippen molar-refractivity contribution in [1.82, 2.24) is 5.48 Å². The zero-order chi connectivity index (χ0) is 18.7. The van der Waals surface area contributed by atoms with Crippen LogP contribution >= 0.6 is 15.9 Å². The Kier molecular flexibility index (Phi) is 5.68. The molecule has 0 radical (unpaired) electrons. The molecule has 1 aliphatic carbocycles. The van der Waals surface area contributed by atoms with Gasteiger partial charge in [-0.2, -0.15) is 0 Å². The molecular weight excluding hydrogens is 394 g/mol. The van der Waals surface area contributed by atoms with E-state index in [2.05, 4.69) is 33.5 Å². The molecule has 0 spiro atoms. The number of nitrogens with one attached hydrogen (secondary N) is 1. The van der Waals surface area contributed by atoms with E-state index in [4.69, 9.17) is 9.57 Å². The van der Waals surface area contributed by atoms with E-state index >= 15 is 0 Å². The summed E-state index contributed by atoms with van der Waals surface area (Å²) in [6, 6.07) is 16.4. The molecule has 1 N–H and O–H groups in total. The van der Waals surface area contributed by atoms with Crippen LogP contribution in [0.2, 0.25) is 0 Å². The van der Waals surface area contributed by atoms with Crippen LogP contribution in [-0.4, -0.2) is 12.0 Å². The standard InChI is InChI=1S/C21H24BrNO3/c1-21(2,3)20(24)26-23-19-12-18(19)15-7-9-17(10-8-15)25-13-14-5-4-6-16(22)11-14/h4-11,18-19,23H,12-13H2,1-3H3. The minimum Gasteiger partial charge on any atom is -0.489 e. The molecule has 0 heterocycles. The Hall–Kier alpha value is -1.85. The van der Waals surface area contributed by atoms with Gasteiger partial charge in [0.1, 0.15) is 12.4 Å². The molecule has 0 amide bonds. The molecule has 1 fully saturated rings. The average Bonchev–Trinajstić information content (AvgIpc) is 3.37. The SMILES string of the molecule is CC(C)(C)C(=O)ONC1CC1c1ccc(OCc2cccc(Br)c2)cc1. The Bertz CT molecular complexity index is 768. The van der Waals surface area contributed by atoms with E-state index in [0.29, 0.717) is 12.5 Å². The van der Waals surface area contributed by atoms with Crippen LogP contribution in [0, 0.1) is 5.41 Å². The molecule has 4 nitrogen and oxygen atoms in total. The van der Waals surface area contributed by atoms with E-state index < -0.39 is 5.41 Å². The summed E-state index contributed by atoms with van der Waals surface area (Å²) in [5, 5.41) is 0. The molecule has 3 rings (SSSR count). The van der Waals surface area contributed by atoms with E-state index in [-0.39, 0.29) is 12.0 Å². The monoisotopic (exact) mass is 417 g/mol. The predicted octanol–water partition coefficient (Wildman–Crippen LogP) is 4.98. The lowest BCUT2D eigenvalue weighted by atomic mass is 9.98. The molecule has 2 aromatic rings. The molecule has 5 heteroatoms. The molecule has 1 saturated carbocycles. The number of halogens is 1. The second-order valence-corrected chi connectivity index (χ2v) is 8.61. The molecule has 0 saturated heterocycles. The van der Waals surface area contributed by atoms with Gasteiger partial charge in [-0.25, -0.2) is 4.79 Å². The molecule has 2 aromatic carbocycles. The number of carbonyl (C=O) groups excluding carboxylic acids is 1. The van der Waals surface area contributed by atoms with Crippen LogP contribution in [0.4, 0.5) is 0 Å². The Labute approximate surface area is 163 Å². The van der Waals surface area contributed by atoms with Crippen molar-refractivity contribution in [2.24, 2.45) is 5.41 Å². The molecule has 0 aliphatic heterocycles. The van der Waals surface area contributed by atoms with Crippen LogP contribution in [0.1, 0.15) is 44.2 Å². The molecule has 26 heavy (non-hydrogen) atoms. The first-order valence-corrected chi connectivity index (χ1v) is 9.56. The Balaban J connectivity index is 1.47. The highest BCUT2D eigenvalue weighted by molar-refractivity contribution is 9.10. The van der Waals surface area contributed by atoms with Crippen molar-refractivity contribution >= 4 is 21.9 Å². The van der Waals surface area contributed by atoms with Crippen molar-refractivity contribution < 1.29 is 14.4 Å². The maximum atomic E-state index is 11.8. The first kappa shape index (κ1) is 18.9. The van der Waals surface area contributed by atoms with Crippen LogP contribution in [0.15, 0.2) is 53.0 Å². The molecule has 0 aromatic heterocycles. The molecule has 1 aliphatic rings. The van der Waals surface area contributed by atoms with Gasteiger partial charge in [-0.05, 0) is 62.6 Å². The lowest BCUT2D eigenvalue weighted by Crippen LogP contribution is -2.31. The largest absolute Gasteiger partial charge is 0.489 e. The minimum atomic E-state index is -0.495. The Morgan fingerprint density at radius 2 is 1.92 bits per heavy atom. The minimum absolute atomic E-state index is 0.190. The zero-order valence-electron chi connectivity index (χ0n) is 15.3. The van der Waals surface area contributed by atoms with E-state index in [1.807, 2.05) is 57.2 Å². The Morgan fingerprint density at radius 1 is 1.19 bits per heavy atom. The number of carbonyl (C=O) groups is 1. The summed E-state index contributed by atoms with van der Waals surface area (Å²) < 4.78 is 6.89. The fourth-order valence-electron chi connectivity index (χ4n) is 2.58. The van der Waals surface area contributed by atoms with Crippen molar-refractivity contribution in [3.8, 4) is 5.75 Å². The fourth-order valence-corrected chi connectivity index (χ4v) is 3.03. The van der Waals surface area contributed by atoms with Crippen molar-refractivity contribution in [3.05, 3.63) is 64.1 Å². The predicted molar refractivity (Wildman–Crippen MR) is 105 cm³/mol. The van der Waals surface area contributed by atoms with Gasteiger partial charge in [0.05, 0.1) is 11.5 Å². The summed E-state index contributed by atoms with van der Waals surface area (Å²) >= 11 is 3.47. The maximum absolute atomic E-state index is 11.8. The van der Waals surface area contributed by atoms with Gasteiger partial charge < -0.3 is 9.57 Å². The first-order valence-electron chi connectivity index (χ1n) is 8.77. The molecule has 138 valence electrons. The number of ether oxygens (including phenoxy) is 1. The van der Waals surface area contributed by atoms with Gasteiger partial charge >= 0.3 is 5.97 Å². The normalized spacial score (nSPS) is 19.1. The van der Waals surface area contributed by atoms with Gasteiger partial charge in [0.2, 0.25) is 0 Å². The average molecular weight is 418 g/mol. The number of hydrogen-bond acceptors (Lipinski definition) is 4. The van der Waals surface area contributed by atoms with E-state index in [0.717, 1.165) is 22.2 Å². The van der Waals surface area contributed by atoms with Crippen LogP contribution in [0.25, 0.3) is 0 Å². The lowest BCUT2D eigenvalue weighted by Gasteiger charge is -2.16. The summed E-state index contributed by atoms with van der Waals surface area (Å²) in [5.41, 5.74) is 4.74.